The van der Waals surface area contributed by atoms with Crippen LogP contribution in [0.2, 0.25) is 5.02 Å². The van der Waals surface area contributed by atoms with E-state index in [4.69, 9.17) is 16.3 Å². The first-order valence-electron chi connectivity index (χ1n) is 10.2. The molecule has 0 bridgehead atoms. The van der Waals surface area contributed by atoms with E-state index in [0.29, 0.717) is 24.8 Å². The monoisotopic (exact) mass is 444 g/mol. The second kappa shape index (κ2) is 9.18. The van der Waals surface area contributed by atoms with E-state index in [1.165, 1.54) is 52.3 Å². The highest BCUT2D eigenvalue weighted by atomic mass is 35.5. The quantitative estimate of drug-likeness (QED) is 0.417. The fraction of sp³-hybridized carbons (Fsp3) is 0.304. The second-order valence-electron chi connectivity index (χ2n) is 7.61. The smallest absolute Gasteiger partial charge is 0.295 e. The lowest BCUT2D eigenvalue weighted by Crippen LogP contribution is -3.14. The molecule has 2 saturated heterocycles. The van der Waals surface area contributed by atoms with Crippen molar-refractivity contribution >= 4 is 29.1 Å². The highest BCUT2D eigenvalue weighted by Gasteiger charge is 2.45. The molecule has 1 amide bonds. The third-order valence-electron chi connectivity index (χ3n) is 5.74. The van der Waals surface area contributed by atoms with Crippen molar-refractivity contribution in [2.45, 2.75) is 6.04 Å². The van der Waals surface area contributed by atoms with Crippen molar-refractivity contribution < 1.29 is 28.7 Å². The molecule has 1 unspecified atom stereocenters. The molecule has 6 nitrogen and oxygen atoms in total. The summed E-state index contributed by atoms with van der Waals surface area (Å²) >= 11 is 5.90. The van der Waals surface area contributed by atoms with Crippen LogP contribution in [-0.4, -0.2) is 56.0 Å². The first kappa shape index (κ1) is 21.5. The summed E-state index contributed by atoms with van der Waals surface area (Å²) < 4.78 is 20.1. The van der Waals surface area contributed by atoms with Gasteiger partial charge in [-0.05, 0) is 23.8 Å². The fourth-order valence-electron chi connectivity index (χ4n) is 4.07. The number of halogens is 2. The molecule has 0 aromatic heterocycles. The van der Waals surface area contributed by atoms with Crippen LogP contribution < -0.4 is 10.0 Å². The molecule has 1 atom stereocenters. The van der Waals surface area contributed by atoms with Crippen LogP contribution in [0.3, 0.4) is 0 Å². The van der Waals surface area contributed by atoms with Crippen molar-refractivity contribution in [3.8, 4) is 0 Å². The molecule has 0 aliphatic carbocycles. The average molecular weight is 445 g/mol. The molecule has 2 aromatic carbocycles. The lowest BCUT2D eigenvalue weighted by molar-refractivity contribution is -0.907. The summed E-state index contributed by atoms with van der Waals surface area (Å²) in [6, 6.07) is 10.9. The maximum Gasteiger partial charge on any atom is 0.295 e. The number of amides is 1. The van der Waals surface area contributed by atoms with Crippen molar-refractivity contribution in [3.05, 3.63) is 76.1 Å². The highest BCUT2D eigenvalue weighted by molar-refractivity contribution is 6.46. The topological polar surface area (TPSA) is 74.1 Å². The van der Waals surface area contributed by atoms with Crippen LogP contribution in [-0.2, 0) is 14.3 Å². The van der Waals surface area contributed by atoms with Gasteiger partial charge in [-0.2, -0.15) is 0 Å². The molecule has 4 rings (SSSR count). The highest BCUT2D eigenvalue weighted by Crippen LogP contribution is 2.39. The van der Waals surface area contributed by atoms with E-state index in [9.17, 15) is 19.1 Å². The number of carbonyl (C=O) groups excluding carboxylic acids is 2. The molecule has 0 saturated carbocycles. The largest absolute Gasteiger partial charge is 0.872 e. The van der Waals surface area contributed by atoms with E-state index in [1.54, 1.807) is 6.07 Å². The number of quaternary nitrogens is 1. The summed E-state index contributed by atoms with van der Waals surface area (Å²) in [5.41, 5.74) is 0.132. The molecule has 2 aliphatic heterocycles. The number of hydrogen-bond acceptors (Lipinski definition) is 4. The van der Waals surface area contributed by atoms with Gasteiger partial charge < -0.3 is 19.6 Å². The molecule has 8 heteroatoms. The van der Waals surface area contributed by atoms with Crippen LogP contribution in [0.25, 0.3) is 5.76 Å². The number of hydrogen-bond donors (Lipinski definition) is 1. The van der Waals surface area contributed by atoms with Crippen LogP contribution in [0.15, 0.2) is 54.1 Å². The van der Waals surface area contributed by atoms with Crippen molar-refractivity contribution in [2.24, 2.45) is 0 Å². The van der Waals surface area contributed by atoms with E-state index in [2.05, 4.69) is 0 Å². The standard InChI is InChI=1S/C23H22ClFN2O4/c24-16-7-5-15(6-8-16)21(28)19-20(17-3-1-2-4-18(17)25)27(23(30)22(19)29)10-9-26-11-13-31-14-12-26/h1-8,20,28H,9-14H2. The summed E-state index contributed by atoms with van der Waals surface area (Å²) in [6.45, 7) is 3.66. The van der Waals surface area contributed by atoms with Gasteiger partial charge in [0, 0.05) is 16.2 Å². The summed E-state index contributed by atoms with van der Waals surface area (Å²) in [4.78, 5) is 28.4. The number of benzene rings is 2. The minimum Gasteiger partial charge on any atom is -0.872 e. The van der Waals surface area contributed by atoms with Gasteiger partial charge in [0.05, 0.1) is 32.3 Å². The Hall–Kier alpha value is -2.74. The van der Waals surface area contributed by atoms with Crippen molar-refractivity contribution in [2.75, 3.05) is 39.4 Å². The number of ketones is 1. The summed E-state index contributed by atoms with van der Waals surface area (Å²) in [5, 5.41) is 13.7. The summed E-state index contributed by atoms with van der Waals surface area (Å²) in [7, 11) is 0. The Balaban J connectivity index is 1.75. The van der Waals surface area contributed by atoms with Gasteiger partial charge in [-0.15, -0.1) is 0 Å². The SMILES string of the molecule is O=C1C(=O)N(CC[NH+]2CCOCC2)C(c2ccccc2F)C1=C([O-])c1ccc(Cl)cc1. The van der Waals surface area contributed by atoms with Gasteiger partial charge in [-0.25, -0.2) is 4.39 Å². The van der Waals surface area contributed by atoms with Crippen LogP contribution >= 0.6 is 11.6 Å². The molecular weight excluding hydrogens is 423 g/mol. The predicted octanol–water partition coefficient (Wildman–Crippen LogP) is 0.618. The molecule has 2 aliphatic rings. The number of nitrogens with zero attached hydrogens (tertiary/aromatic N) is 1. The Morgan fingerprint density at radius 2 is 1.81 bits per heavy atom. The Morgan fingerprint density at radius 3 is 2.48 bits per heavy atom. The van der Waals surface area contributed by atoms with Crippen molar-refractivity contribution in [3.63, 3.8) is 0 Å². The van der Waals surface area contributed by atoms with Crippen LogP contribution in [0.5, 0.6) is 0 Å². The zero-order valence-corrected chi connectivity index (χ0v) is 17.5. The molecule has 0 spiro atoms. The maximum atomic E-state index is 14.7. The van der Waals surface area contributed by atoms with Gasteiger partial charge in [0.1, 0.15) is 18.9 Å². The molecule has 0 radical (unpaired) electrons. The molecule has 1 N–H and O–H groups in total. The average Bonchev–Trinajstić information content (AvgIpc) is 3.03. The Kier molecular flexibility index (Phi) is 6.36. The minimum absolute atomic E-state index is 0.135. The van der Waals surface area contributed by atoms with Gasteiger partial charge in [0.2, 0.25) is 5.78 Å². The first-order chi connectivity index (χ1) is 15.0. The number of rotatable bonds is 5. The number of morpholine rings is 1. The fourth-order valence-corrected chi connectivity index (χ4v) is 4.19. The van der Waals surface area contributed by atoms with Crippen LogP contribution in [0, 0.1) is 5.82 Å². The van der Waals surface area contributed by atoms with Gasteiger partial charge in [0.25, 0.3) is 5.91 Å². The molecule has 2 fully saturated rings. The number of carbonyl (C=O) groups is 2. The zero-order chi connectivity index (χ0) is 22.0. The third-order valence-corrected chi connectivity index (χ3v) is 5.99. The first-order valence-corrected chi connectivity index (χ1v) is 10.5. The number of nitrogens with one attached hydrogen (secondary N) is 1. The van der Waals surface area contributed by atoms with Gasteiger partial charge in [0.15, 0.2) is 0 Å². The van der Waals surface area contributed by atoms with E-state index < -0.39 is 29.3 Å². The number of likely N-dealkylation sites (tertiary alicyclic amines) is 1. The van der Waals surface area contributed by atoms with Gasteiger partial charge in [-0.3, -0.25) is 9.59 Å². The second-order valence-corrected chi connectivity index (χ2v) is 8.05. The lowest BCUT2D eigenvalue weighted by atomic mass is 9.95. The Bertz CT molecular complexity index is 1020. The maximum absolute atomic E-state index is 14.7. The molecule has 2 aromatic rings. The van der Waals surface area contributed by atoms with E-state index in [0.717, 1.165) is 13.1 Å². The van der Waals surface area contributed by atoms with Crippen LogP contribution in [0.4, 0.5) is 4.39 Å². The predicted molar refractivity (Wildman–Crippen MR) is 111 cm³/mol. The van der Waals surface area contributed by atoms with E-state index >= 15 is 0 Å². The molecule has 162 valence electrons. The Labute approximate surface area is 184 Å². The van der Waals surface area contributed by atoms with Crippen LogP contribution in [0.1, 0.15) is 17.2 Å². The van der Waals surface area contributed by atoms with Gasteiger partial charge in [-0.1, -0.05) is 47.7 Å². The molecule has 31 heavy (non-hydrogen) atoms. The number of Topliss-reactive ketones (excluding diaryl/α,β-unsaturated/α-hetero) is 1. The number of ether oxygens (including phenoxy) is 1. The zero-order valence-electron chi connectivity index (χ0n) is 16.8. The van der Waals surface area contributed by atoms with E-state index in [-0.39, 0.29) is 23.2 Å². The lowest BCUT2D eigenvalue weighted by Gasteiger charge is -2.30. The molecular formula is C23H22ClFN2O4. The third kappa shape index (κ3) is 4.35. The Morgan fingerprint density at radius 1 is 1.13 bits per heavy atom. The van der Waals surface area contributed by atoms with Gasteiger partial charge >= 0.3 is 0 Å². The molecule has 2 heterocycles. The van der Waals surface area contributed by atoms with Crippen molar-refractivity contribution in [1.82, 2.24) is 4.90 Å². The van der Waals surface area contributed by atoms with E-state index in [1.807, 2.05) is 0 Å². The summed E-state index contributed by atoms with van der Waals surface area (Å²) in [5.74, 6) is -2.83. The normalized spacial score (nSPS) is 21.6. The minimum atomic E-state index is -1.06. The summed E-state index contributed by atoms with van der Waals surface area (Å²) in [6.07, 6.45) is 0. The van der Waals surface area contributed by atoms with Crippen molar-refractivity contribution in [1.29, 1.82) is 0 Å².